The zero-order chi connectivity index (χ0) is 14.8. The van der Waals surface area contributed by atoms with Gasteiger partial charge >= 0.3 is 6.03 Å². The molecule has 106 valence electrons. The third kappa shape index (κ3) is 2.40. The number of nitrogens with zero attached hydrogens (tertiary/aromatic N) is 1. The predicted octanol–water partition coefficient (Wildman–Crippen LogP) is 3.21. The first-order valence-corrected chi connectivity index (χ1v) is 7.77. The maximum absolute atomic E-state index is 12.6. The van der Waals surface area contributed by atoms with Gasteiger partial charge in [-0.1, -0.05) is 42.5 Å². The number of carbonyl (C=O) groups is 2. The van der Waals surface area contributed by atoms with Crippen LogP contribution in [-0.4, -0.2) is 18.2 Å². The van der Waals surface area contributed by atoms with Gasteiger partial charge in [0.2, 0.25) is 0 Å². The monoisotopic (exact) mass is 298 g/mol. The van der Waals surface area contributed by atoms with Crippen LogP contribution in [0.4, 0.5) is 10.5 Å². The van der Waals surface area contributed by atoms with Gasteiger partial charge in [-0.3, -0.25) is 4.79 Å². The van der Waals surface area contributed by atoms with Gasteiger partial charge in [0, 0.05) is 4.90 Å². The van der Waals surface area contributed by atoms with Crippen LogP contribution in [0.5, 0.6) is 0 Å². The lowest BCUT2D eigenvalue weighted by molar-refractivity contribution is -0.118. The number of hydrogen-bond acceptors (Lipinski definition) is 3. The molecule has 1 N–H and O–H groups in total. The van der Waals surface area contributed by atoms with E-state index in [1.165, 1.54) is 16.7 Å². The molecule has 2 aromatic rings. The van der Waals surface area contributed by atoms with Gasteiger partial charge in [0.15, 0.2) is 0 Å². The molecule has 3 rings (SSSR count). The fourth-order valence-electron chi connectivity index (χ4n) is 2.39. The molecule has 0 radical (unpaired) electrons. The molecule has 2 aromatic carbocycles. The van der Waals surface area contributed by atoms with Crippen LogP contribution in [0.3, 0.4) is 0 Å². The molecule has 5 heteroatoms. The summed E-state index contributed by atoms with van der Waals surface area (Å²) in [7, 11) is 0. The molecule has 0 unspecified atom stereocenters. The van der Waals surface area contributed by atoms with Crippen molar-refractivity contribution in [1.29, 1.82) is 0 Å². The molecule has 1 atom stereocenters. The molecule has 4 nitrogen and oxygen atoms in total. The van der Waals surface area contributed by atoms with E-state index in [1.54, 1.807) is 6.07 Å². The molecule has 0 aromatic heterocycles. The number of thioether (sulfide) groups is 1. The van der Waals surface area contributed by atoms with Gasteiger partial charge in [0.25, 0.3) is 5.91 Å². The van der Waals surface area contributed by atoms with Crippen LogP contribution in [0.25, 0.3) is 0 Å². The Balaban J connectivity index is 1.98. The van der Waals surface area contributed by atoms with Crippen LogP contribution in [0, 0.1) is 0 Å². The summed E-state index contributed by atoms with van der Waals surface area (Å²) in [6.45, 7) is 0. The van der Waals surface area contributed by atoms with E-state index in [-0.39, 0.29) is 11.9 Å². The molecule has 1 saturated heterocycles. The topological polar surface area (TPSA) is 49.4 Å². The minimum Gasteiger partial charge on any atom is -0.321 e. The molecule has 3 amide bonds. The van der Waals surface area contributed by atoms with E-state index < -0.39 is 6.04 Å². The van der Waals surface area contributed by atoms with E-state index in [1.807, 2.05) is 54.8 Å². The van der Waals surface area contributed by atoms with Crippen molar-refractivity contribution >= 4 is 29.4 Å². The van der Waals surface area contributed by atoms with Crippen molar-refractivity contribution in [1.82, 2.24) is 5.32 Å². The highest BCUT2D eigenvalue weighted by atomic mass is 32.2. The first-order valence-electron chi connectivity index (χ1n) is 6.55. The molecule has 21 heavy (non-hydrogen) atoms. The average molecular weight is 298 g/mol. The van der Waals surface area contributed by atoms with Gasteiger partial charge in [-0.05, 0) is 24.0 Å². The van der Waals surface area contributed by atoms with Crippen molar-refractivity contribution in [3.63, 3.8) is 0 Å². The van der Waals surface area contributed by atoms with E-state index >= 15 is 0 Å². The van der Waals surface area contributed by atoms with Gasteiger partial charge < -0.3 is 5.32 Å². The number of carbonyl (C=O) groups excluding carboxylic acids is 2. The van der Waals surface area contributed by atoms with Gasteiger partial charge in [-0.15, -0.1) is 11.8 Å². The Hall–Kier alpha value is -2.27. The fraction of sp³-hybridized carbons (Fsp3) is 0.125. The number of hydrogen-bond donors (Lipinski definition) is 1. The lowest BCUT2D eigenvalue weighted by atomic mass is 10.1. The summed E-state index contributed by atoms with van der Waals surface area (Å²) in [6.07, 6.45) is 1.92. The molecule has 1 fully saturated rings. The quantitative estimate of drug-likeness (QED) is 0.699. The standard InChI is InChI=1S/C16H14N2O2S/c1-21-13-10-6-5-9-12(13)18-15(19)14(17-16(18)20)11-7-3-2-4-8-11/h2-10,14H,1H3,(H,17,20)/t14-/m1/s1. The van der Waals surface area contributed by atoms with Crippen LogP contribution in [-0.2, 0) is 4.79 Å². The summed E-state index contributed by atoms with van der Waals surface area (Å²) in [4.78, 5) is 27.0. The van der Waals surface area contributed by atoms with Crippen molar-refractivity contribution in [2.24, 2.45) is 0 Å². The number of amides is 3. The number of para-hydroxylation sites is 1. The maximum atomic E-state index is 12.6. The number of benzene rings is 2. The van der Waals surface area contributed by atoms with E-state index in [4.69, 9.17) is 0 Å². The van der Waals surface area contributed by atoms with Crippen molar-refractivity contribution in [3.8, 4) is 0 Å². The number of imide groups is 1. The van der Waals surface area contributed by atoms with E-state index in [0.717, 1.165) is 10.5 Å². The van der Waals surface area contributed by atoms with Crippen LogP contribution in [0.1, 0.15) is 11.6 Å². The second kappa shape index (κ2) is 5.61. The smallest absolute Gasteiger partial charge is 0.321 e. The van der Waals surface area contributed by atoms with Crippen LogP contribution in [0.2, 0.25) is 0 Å². The molecule has 0 aliphatic carbocycles. The SMILES string of the molecule is CSc1ccccc1N1C(=O)N[C@H](c2ccccc2)C1=O. The van der Waals surface area contributed by atoms with Crippen LogP contribution >= 0.6 is 11.8 Å². The van der Waals surface area contributed by atoms with Crippen molar-refractivity contribution in [3.05, 3.63) is 60.2 Å². The van der Waals surface area contributed by atoms with E-state index in [9.17, 15) is 9.59 Å². The Labute approximate surface area is 127 Å². The Morgan fingerprint density at radius 3 is 2.38 bits per heavy atom. The largest absolute Gasteiger partial charge is 0.329 e. The highest BCUT2D eigenvalue weighted by molar-refractivity contribution is 7.98. The van der Waals surface area contributed by atoms with E-state index in [0.29, 0.717) is 5.69 Å². The second-order valence-electron chi connectivity index (χ2n) is 4.64. The summed E-state index contributed by atoms with van der Waals surface area (Å²) in [6, 6.07) is 15.7. The Kier molecular flexibility index (Phi) is 3.66. The fourth-order valence-corrected chi connectivity index (χ4v) is 2.98. The number of anilines is 1. The summed E-state index contributed by atoms with van der Waals surface area (Å²) in [5.74, 6) is -0.243. The molecule has 0 spiro atoms. The molecule has 0 bridgehead atoms. The predicted molar refractivity (Wildman–Crippen MR) is 83.4 cm³/mol. The van der Waals surface area contributed by atoms with Crippen molar-refractivity contribution in [2.75, 3.05) is 11.2 Å². The average Bonchev–Trinajstić information content (AvgIpc) is 2.83. The summed E-state index contributed by atoms with van der Waals surface area (Å²) < 4.78 is 0. The lowest BCUT2D eigenvalue weighted by Crippen LogP contribution is -2.31. The van der Waals surface area contributed by atoms with Crippen molar-refractivity contribution in [2.45, 2.75) is 10.9 Å². The first-order chi connectivity index (χ1) is 10.2. The number of urea groups is 1. The zero-order valence-corrected chi connectivity index (χ0v) is 12.3. The molecular weight excluding hydrogens is 284 g/mol. The second-order valence-corrected chi connectivity index (χ2v) is 5.49. The maximum Gasteiger partial charge on any atom is 0.329 e. The number of nitrogens with one attached hydrogen (secondary N) is 1. The summed E-state index contributed by atoms with van der Waals surface area (Å²) in [5, 5.41) is 2.75. The van der Waals surface area contributed by atoms with Gasteiger partial charge in [-0.25, -0.2) is 9.69 Å². The van der Waals surface area contributed by atoms with Crippen LogP contribution in [0.15, 0.2) is 59.5 Å². The number of rotatable bonds is 3. The zero-order valence-electron chi connectivity index (χ0n) is 11.4. The van der Waals surface area contributed by atoms with Crippen LogP contribution < -0.4 is 10.2 Å². The third-order valence-corrected chi connectivity index (χ3v) is 4.18. The molecule has 0 saturated carbocycles. The van der Waals surface area contributed by atoms with Crippen molar-refractivity contribution < 1.29 is 9.59 Å². The minimum absolute atomic E-state index is 0.243. The minimum atomic E-state index is -0.617. The summed E-state index contributed by atoms with van der Waals surface area (Å²) >= 11 is 1.51. The molecule has 1 aliphatic rings. The Bertz CT molecular complexity index is 688. The summed E-state index contributed by atoms with van der Waals surface area (Å²) in [5.41, 5.74) is 1.42. The molecular formula is C16H14N2O2S. The Morgan fingerprint density at radius 2 is 1.67 bits per heavy atom. The lowest BCUT2D eigenvalue weighted by Gasteiger charge is -2.16. The van der Waals surface area contributed by atoms with Gasteiger partial charge in [0.05, 0.1) is 5.69 Å². The van der Waals surface area contributed by atoms with E-state index in [2.05, 4.69) is 5.32 Å². The highest BCUT2D eigenvalue weighted by Crippen LogP contribution is 2.33. The molecule has 1 heterocycles. The van der Waals surface area contributed by atoms with Gasteiger partial charge in [-0.2, -0.15) is 0 Å². The molecule has 1 aliphatic heterocycles. The third-order valence-electron chi connectivity index (χ3n) is 3.40. The normalized spacial score (nSPS) is 18.0. The first kappa shape index (κ1) is 13.7. The Morgan fingerprint density at radius 1 is 1.00 bits per heavy atom. The highest BCUT2D eigenvalue weighted by Gasteiger charge is 2.40. The van der Waals surface area contributed by atoms with Gasteiger partial charge in [0.1, 0.15) is 6.04 Å².